The number of rotatable bonds is 6. The summed E-state index contributed by atoms with van der Waals surface area (Å²) in [6, 6.07) is 11.7. The van der Waals surface area contributed by atoms with Crippen LogP contribution in [0.5, 0.6) is 0 Å². The fourth-order valence-electron chi connectivity index (χ4n) is 3.06. The van der Waals surface area contributed by atoms with Crippen LogP contribution in [-0.4, -0.2) is 39.7 Å². The average Bonchev–Trinajstić information content (AvgIpc) is 2.98. The van der Waals surface area contributed by atoms with Gasteiger partial charge in [-0.1, -0.05) is 35.4 Å². The maximum absolute atomic E-state index is 13.3. The maximum Gasteiger partial charge on any atom is 0.252 e. The van der Waals surface area contributed by atoms with E-state index in [0.717, 1.165) is 11.1 Å². The van der Waals surface area contributed by atoms with Crippen LogP contribution in [-0.2, 0) is 29.3 Å². The van der Waals surface area contributed by atoms with Gasteiger partial charge < -0.3 is 0 Å². The van der Waals surface area contributed by atoms with E-state index in [4.69, 9.17) is 0 Å². The van der Waals surface area contributed by atoms with Crippen molar-refractivity contribution in [2.75, 3.05) is 5.75 Å². The smallest absolute Gasteiger partial charge is 0.252 e. The summed E-state index contributed by atoms with van der Waals surface area (Å²) in [6.45, 7) is 3.56. The largest absolute Gasteiger partial charge is 0.272 e. The molecule has 3 rings (SSSR count). The molecule has 1 fully saturated rings. The highest BCUT2D eigenvalue weighted by Crippen LogP contribution is 2.27. The lowest BCUT2D eigenvalue weighted by Crippen LogP contribution is -2.42. The third kappa shape index (κ3) is 4.18. The van der Waals surface area contributed by atoms with Crippen molar-refractivity contribution >= 4 is 31.5 Å². The van der Waals surface area contributed by atoms with Gasteiger partial charge in [-0.15, -0.1) is 0 Å². The van der Waals surface area contributed by atoms with Crippen molar-refractivity contribution in [3.05, 3.63) is 59.7 Å². The third-order valence-corrected chi connectivity index (χ3v) is 8.92. The molecule has 0 saturated carbocycles. The van der Waals surface area contributed by atoms with Crippen molar-refractivity contribution in [3.8, 4) is 0 Å². The molecule has 1 atom stereocenters. The number of aryl methyl sites for hydroxylation is 2. The molecule has 0 aliphatic carbocycles. The molecule has 2 amide bonds. The van der Waals surface area contributed by atoms with Crippen molar-refractivity contribution in [1.82, 2.24) is 10.9 Å². The molecule has 1 saturated heterocycles. The first-order valence-electron chi connectivity index (χ1n) is 8.72. The Kier molecular flexibility index (Phi) is 5.50. The highest BCUT2D eigenvalue weighted by molar-refractivity contribution is 7.95. The Labute approximate surface area is 169 Å². The van der Waals surface area contributed by atoms with E-state index in [0.29, 0.717) is 0 Å². The normalized spacial score (nSPS) is 16.3. The molecule has 1 aliphatic heterocycles. The fraction of sp³-hybridized carbons (Fsp3) is 0.263. The lowest BCUT2D eigenvalue weighted by atomic mass is 10.1. The summed E-state index contributed by atoms with van der Waals surface area (Å²) in [5.74, 6) is -4.34. The zero-order valence-corrected chi connectivity index (χ0v) is 17.4. The molecule has 154 valence electrons. The number of benzene rings is 2. The van der Waals surface area contributed by atoms with Crippen LogP contribution in [0.2, 0.25) is 0 Å². The minimum Gasteiger partial charge on any atom is -0.272 e. The van der Waals surface area contributed by atoms with E-state index in [1.54, 1.807) is 38.1 Å². The first-order valence-corrected chi connectivity index (χ1v) is 11.9. The number of amides is 2. The number of sulfone groups is 2. The van der Waals surface area contributed by atoms with Crippen molar-refractivity contribution in [1.29, 1.82) is 0 Å². The second-order valence-electron chi connectivity index (χ2n) is 6.95. The van der Waals surface area contributed by atoms with Gasteiger partial charge in [-0.2, -0.15) is 0 Å². The lowest BCUT2D eigenvalue weighted by molar-refractivity contribution is -0.127. The van der Waals surface area contributed by atoms with Crippen LogP contribution >= 0.6 is 0 Å². The number of hydrogen-bond donors (Lipinski definition) is 2. The van der Waals surface area contributed by atoms with Crippen LogP contribution in [0.3, 0.4) is 0 Å². The number of hydrazine groups is 1. The second kappa shape index (κ2) is 7.60. The van der Waals surface area contributed by atoms with E-state index >= 15 is 0 Å². The van der Waals surface area contributed by atoms with E-state index in [1.807, 2.05) is 0 Å². The first kappa shape index (κ1) is 21.0. The van der Waals surface area contributed by atoms with Gasteiger partial charge in [0.25, 0.3) is 11.8 Å². The van der Waals surface area contributed by atoms with E-state index < -0.39 is 48.4 Å². The lowest BCUT2D eigenvalue weighted by Gasteiger charge is -2.20. The summed E-state index contributed by atoms with van der Waals surface area (Å²) in [5, 5.41) is -1.78. The van der Waals surface area contributed by atoms with Crippen molar-refractivity contribution < 1.29 is 26.4 Å². The molecular weight excluding hydrogens is 416 g/mol. The molecule has 0 radical (unpaired) electrons. The highest BCUT2D eigenvalue weighted by Gasteiger charge is 2.48. The molecule has 2 aromatic carbocycles. The van der Waals surface area contributed by atoms with Gasteiger partial charge in [0.15, 0.2) is 19.7 Å². The second-order valence-corrected chi connectivity index (χ2v) is 11.1. The van der Waals surface area contributed by atoms with Gasteiger partial charge >= 0.3 is 0 Å². The van der Waals surface area contributed by atoms with E-state index in [1.165, 1.54) is 24.3 Å². The van der Waals surface area contributed by atoms with Gasteiger partial charge in [0.05, 0.1) is 15.5 Å². The Bertz CT molecular complexity index is 1140. The van der Waals surface area contributed by atoms with Crippen molar-refractivity contribution in [2.45, 2.75) is 28.9 Å². The Balaban J connectivity index is 2.08. The number of nitrogens with one attached hydrogen (secondary N) is 2. The molecule has 1 heterocycles. The van der Waals surface area contributed by atoms with Gasteiger partial charge in [-0.25, -0.2) is 16.8 Å². The molecule has 10 heteroatoms. The molecule has 29 heavy (non-hydrogen) atoms. The third-order valence-electron chi connectivity index (χ3n) is 4.76. The summed E-state index contributed by atoms with van der Waals surface area (Å²) in [4.78, 5) is 24.1. The van der Waals surface area contributed by atoms with Crippen molar-refractivity contribution in [2.24, 2.45) is 5.92 Å². The maximum atomic E-state index is 13.3. The molecule has 0 bridgehead atoms. The summed E-state index contributed by atoms with van der Waals surface area (Å²) < 4.78 is 52.4. The standard InChI is InChI=1S/C19H20N2O6S2/c1-12-3-7-14(8-4-12)28(24,25)11-16(17-18(22)20-21-19(17)23)29(26,27)15-9-5-13(2)6-10-15/h3-10,16-17H,11H2,1-2H3,(H,20,22)(H,21,23). The van der Waals surface area contributed by atoms with E-state index in [9.17, 15) is 26.4 Å². The van der Waals surface area contributed by atoms with Gasteiger partial charge in [0.2, 0.25) is 0 Å². The quantitative estimate of drug-likeness (QED) is 0.642. The molecule has 2 aromatic rings. The van der Waals surface area contributed by atoms with Crippen LogP contribution in [0.15, 0.2) is 58.3 Å². The van der Waals surface area contributed by atoms with Gasteiger partial charge in [0, 0.05) is 0 Å². The summed E-state index contributed by atoms with van der Waals surface area (Å²) in [6.07, 6.45) is 0. The van der Waals surface area contributed by atoms with Gasteiger partial charge in [-0.05, 0) is 38.1 Å². The SMILES string of the molecule is Cc1ccc(S(=O)(=O)CC(C2C(=O)NNC2=O)S(=O)(=O)c2ccc(C)cc2)cc1. The molecule has 0 spiro atoms. The Hall–Kier alpha value is -2.72. The Morgan fingerprint density at radius 1 is 0.759 bits per heavy atom. The van der Waals surface area contributed by atoms with Crippen LogP contribution in [0.4, 0.5) is 0 Å². The predicted octanol–water partition coefficient (Wildman–Crippen LogP) is 0.697. The first-order chi connectivity index (χ1) is 13.5. The van der Waals surface area contributed by atoms with Crippen LogP contribution < -0.4 is 10.9 Å². The zero-order chi connectivity index (χ0) is 21.4. The molecule has 8 nitrogen and oxygen atoms in total. The Morgan fingerprint density at radius 3 is 1.62 bits per heavy atom. The monoisotopic (exact) mass is 436 g/mol. The minimum atomic E-state index is -4.32. The fourth-order valence-corrected chi connectivity index (χ4v) is 7.15. The highest BCUT2D eigenvalue weighted by atomic mass is 32.2. The topological polar surface area (TPSA) is 126 Å². The number of carbonyl (C=O) groups is 2. The van der Waals surface area contributed by atoms with Gasteiger partial charge in [0.1, 0.15) is 11.2 Å². The van der Waals surface area contributed by atoms with Crippen LogP contribution in [0, 0.1) is 19.8 Å². The predicted molar refractivity (Wildman–Crippen MR) is 105 cm³/mol. The molecule has 1 aliphatic rings. The molecule has 0 aromatic heterocycles. The molecule has 2 N–H and O–H groups in total. The van der Waals surface area contributed by atoms with Crippen molar-refractivity contribution in [3.63, 3.8) is 0 Å². The number of hydrogen-bond acceptors (Lipinski definition) is 6. The molecular formula is C19H20N2O6S2. The van der Waals surface area contributed by atoms with Crippen LogP contribution in [0.25, 0.3) is 0 Å². The average molecular weight is 437 g/mol. The summed E-state index contributed by atoms with van der Waals surface area (Å²) >= 11 is 0. The summed E-state index contributed by atoms with van der Waals surface area (Å²) in [5.41, 5.74) is 5.78. The zero-order valence-electron chi connectivity index (χ0n) is 15.7. The minimum absolute atomic E-state index is 0.0778. The van der Waals surface area contributed by atoms with E-state index in [-0.39, 0.29) is 9.79 Å². The molecule has 1 unspecified atom stereocenters. The van der Waals surface area contributed by atoms with Crippen LogP contribution in [0.1, 0.15) is 11.1 Å². The number of carbonyl (C=O) groups excluding carboxylic acids is 2. The van der Waals surface area contributed by atoms with Gasteiger partial charge in [-0.3, -0.25) is 20.4 Å². The summed E-state index contributed by atoms with van der Waals surface area (Å²) in [7, 11) is -8.42. The van der Waals surface area contributed by atoms with E-state index in [2.05, 4.69) is 10.9 Å². The Morgan fingerprint density at radius 2 is 1.17 bits per heavy atom.